The summed E-state index contributed by atoms with van der Waals surface area (Å²) < 4.78 is 40.2. The zero-order valence-corrected chi connectivity index (χ0v) is 20.2. The van der Waals surface area contributed by atoms with Gasteiger partial charge in [-0.15, -0.1) is 0 Å². The summed E-state index contributed by atoms with van der Waals surface area (Å²) in [6.45, 7) is -0.464. The Bertz CT molecular complexity index is 1330. The first kappa shape index (κ1) is 24.3. The number of carbonyl (C=O) groups is 1. The van der Waals surface area contributed by atoms with Crippen LogP contribution in [-0.4, -0.2) is 26.1 Å². The van der Waals surface area contributed by atoms with Crippen molar-refractivity contribution in [3.8, 4) is 17.2 Å². The largest absolute Gasteiger partial charge is 0.482 e. The Morgan fingerprint density at radius 1 is 1.00 bits per heavy atom. The van der Waals surface area contributed by atoms with Crippen LogP contribution in [0.15, 0.2) is 65.6 Å². The van der Waals surface area contributed by atoms with Gasteiger partial charge in [-0.05, 0) is 66.8 Å². The lowest BCUT2D eigenvalue weighted by Crippen LogP contribution is -2.31. The fraction of sp³-hybridized carbons (Fsp3) is 0.208. The topological polar surface area (TPSA) is 102 Å². The zero-order chi connectivity index (χ0) is 24.3. The highest BCUT2D eigenvalue weighted by molar-refractivity contribution is 7.89. The van der Waals surface area contributed by atoms with Crippen molar-refractivity contribution >= 4 is 39.2 Å². The van der Waals surface area contributed by atoms with Crippen molar-refractivity contribution in [1.82, 2.24) is 4.72 Å². The average molecular weight is 522 g/mol. The molecule has 1 aliphatic carbocycles. The molecule has 3 aromatic rings. The van der Waals surface area contributed by atoms with Gasteiger partial charge in [-0.2, -0.15) is 0 Å². The maximum Gasteiger partial charge on any atom is 0.341 e. The molecule has 34 heavy (non-hydrogen) atoms. The summed E-state index contributed by atoms with van der Waals surface area (Å²) in [5.74, 6) is 0.0499. The predicted octanol–water partition coefficient (Wildman–Crippen LogP) is 5.61. The van der Waals surface area contributed by atoms with Crippen LogP contribution in [0.3, 0.4) is 0 Å². The molecule has 178 valence electrons. The third kappa shape index (κ3) is 5.47. The number of aliphatic carboxylic acids is 1. The molecular weight excluding hydrogens is 501 g/mol. The van der Waals surface area contributed by atoms with Crippen LogP contribution in [0.1, 0.15) is 30.0 Å². The molecule has 2 N–H and O–H groups in total. The molecule has 0 saturated heterocycles. The fourth-order valence-corrected chi connectivity index (χ4v) is 5.58. The third-order valence-corrected chi connectivity index (χ3v) is 7.46. The van der Waals surface area contributed by atoms with E-state index in [1.807, 2.05) is 6.07 Å². The van der Waals surface area contributed by atoms with E-state index >= 15 is 0 Å². The van der Waals surface area contributed by atoms with Crippen molar-refractivity contribution < 1.29 is 27.8 Å². The van der Waals surface area contributed by atoms with Crippen molar-refractivity contribution in [3.05, 3.63) is 81.8 Å². The van der Waals surface area contributed by atoms with Crippen molar-refractivity contribution in [2.45, 2.75) is 30.2 Å². The van der Waals surface area contributed by atoms with E-state index in [0.717, 1.165) is 17.5 Å². The first-order valence-corrected chi connectivity index (χ1v) is 12.7. The number of benzene rings is 3. The van der Waals surface area contributed by atoms with Gasteiger partial charge in [-0.3, -0.25) is 0 Å². The number of hydrogen-bond donors (Lipinski definition) is 2. The Hall–Kier alpha value is -2.78. The van der Waals surface area contributed by atoms with Gasteiger partial charge in [0.1, 0.15) is 17.2 Å². The van der Waals surface area contributed by atoms with Gasteiger partial charge in [0.2, 0.25) is 10.0 Å². The van der Waals surface area contributed by atoms with Gasteiger partial charge in [0, 0.05) is 6.04 Å². The Balaban J connectivity index is 1.55. The summed E-state index contributed by atoms with van der Waals surface area (Å²) in [6.07, 6.45) is 1.98. The number of hydrogen-bond acceptors (Lipinski definition) is 5. The molecule has 0 radical (unpaired) electrons. The van der Waals surface area contributed by atoms with Crippen molar-refractivity contribution in [2.24, 2.45) is 0 Å². The number of halogens is 2. The lowest BCUT2D eigenvalue weighted by Gasteiger charge is -2.27. The molecule has 0 aromatic heterocycles. The van der Waals surface area contributed by atoms with Crippen molar-refractivity contribution in [3.63, 3.8) is 0 Å². The van der Waals surface area contributed by atoms with E-state index < -0.39 is 28.6 Å². The zero-order valence-electron chi connectivity index (χ0n) is 17.8. The van der Waals surface area contributed by atoms with Crippen LogP contribution in [0.5, 0.6) is 17.2 Å². The summed E-state index contributed by atoms with van der Waals surface area (Å²) in [5, 5.41) is 9.43. The van der Waals surface area contributed by atoms with Gasteiger partial charge in [-0.1, -0.05) is 47.5 Å². The molecule has 7 nitrogen and oxygen atoms in total. The smallest absolute Gasteiger partial charge is 0.341 e. The molecule has 0 aliphatic heterocycles. The molecule has 3 aromatic carbocycles. The summed E-state index contributed by atoms with van der Waals surface area (Å²) >= 11 is 12.4. The number of sulfonamides is 1. The molecule has 0 fully saturated rings. The molecule has 0 amide bonds. The van der Waals surface area contributed by atoms with Gasteiger partial charge in [0.15, 0.2) is 6.61 Å². The summed E-state index contributed by atoms with van der Waals surface area (Å²) in [4.78, 5) is 10.9. The van der Waals surface area contributed by atoms with Crippen LogP contribution < -0.4 is 14.2 Å². The predicted molar refractivity (Wildman–Crippen MR) is 129 cm³/mol. The second-order valence-corrected chi connectivity index (χ2v) is 10.2. The monoisotopic (exact) mass is 521 g/mol. The average Bonchev–Trinajstić information content (AvgIpc) is 2.80. The molecule has 0 heterocycles. The van der Waals surface area contributed by atoms with Gasteiger partial charge in [0.25, 0.3) is 0 Å². The number of rotatable bonds is 8. The molecule has 10 heteroatoms. The Morgan fingerprint density at radius 2 is 1.74 bits per heavy atom. The lowest BCUT2D eigenvalue weighted by molar-refractivity contribution is -0.139. The van der Waals surface area contributed by atoms with Crippen LogP contribution in [0.4, 0.5) is 0 Å². The summed E-state index contributed by atoms with van der Waals surface area (Å²) in [7, 11) is -3.91. The van der Waals surface area contributed by atoms with Crippen LogP contribution in [0.25, 0.3) is 0 Å². The van der Waals surface area contributed by atoms with E-state index in [1.54, 1.807) is 36.4 Å². The second kappa shape index (κ2) is 10.2. The third-order valence-electron chi connectivity index (χ3n) is 5.38. The van der Waals surface area contributed by atoms with Gasteiger partial charge >= 0.3 is 5.97 Å². The standard InChI is InChI=1S/C24H21Cl2NO6S/c25-18-7-1-2-9-22(18)33-23-12-11-15(13-19(23)26)34(30,31)27-20-8-3-6-17-16(20)5-4-10-21(17)32-14-24(28)29/h1-2,4-5,7,9-13,20,27H,3,6,8,14H2,(H,28,29). The van der Waals surface area contributed by atoms with E-state index in [2.05, 4.69) is 4.72 Å². The van der Waals surface area contributed by atoms with Crippen molar-refractivity contribution in [1.29, 1.82) is 0 Å². The highest BCUT2D eigenvalue weighted by atomic mass is 35.5. The number of nitrogens with one attached hydrogen (secondary N) is 1. The highest BCUT2D eigenvalue weighted by Gasteiger charge is 2.28. The van der Waals surface area contributed by atoms with Crippen LogP contribution in [-0.2, 0) is 21.2 Å². The van der Waals surface area contributed by atoms with E-state index in [1.165, 1.54) is 18.2 Å². The minimum Gasteiger partial charge on any atom is -0.482 e. The van der Waals surface area contributed by atoms with Crippen LogP contribution in [0, 0.1) is 0 Å². The van der Waals surface area contributed by atoms with Crippen molar-refractivity contribution in [2.75, 3.05) is 6.61 Å². The van der Waals surface area contributed by atoms with E-state index in [-0.39, 0.29) is 15.7 Å². The minimum absolute atomic E-state index is 0.00517. The Labute approximate surface area is 207 Å². The molecule has 1 atom stereocenters. The van der Waals surface area contributed by atoms with Crippen LogP contribution >= 0.6 is 23.2 Å². The summed E-state index contributed by atoms with van der Waals surface area (Å²) in [6, 6.07) is 15.9. The number of fused-ring (bicyclic) bond motifs is 1. The Kier molecular flexibility index (Phi) is 7.33. The lowest BCUT2D eigenvalue weighted by atomic mass is 9.87. The molecule has 4 rings (SSSR count). The SMILES string of the molecule is O=C(O)COc1cccc2c1CCCC2NS(=O)(=O)c1ccc(Oc2ccccc2Cl)c(Cl)c1. The Morgan fingerprint density at radius 3 is 2.47 bits per heavy atom. The first-order chi connectivity index (χ1) is 16.2. The normalized spacial score (nSPS) is 15.4. The minimum atomic E-state index is -3.91. The molecule has 0 bridgehead atoms. The highest BCUT2D eigenvalue weighted by Crippen LogP contribution is 2.38. The molecular formula is C24H21Cl2NO6S. The molecule has 1 aliphatic rings. The van der Waals surface area contributed by atoms with Gasteiger partial charge in [0.05, 0.1) is 14.9 Å². The number of para-hydroxylation sites is 1. The van der Waals surface area contributed by atoms with E-state index in [0.29, 0.717) is 29.4 Å². The second-order valence-electron chi connectivity index (χ2n) is 7.70. The van der Waals surface area contributed by atoms with Gasteiger partial charge in [-0.25, -0.2) is 17.9 Å². The molecule has 1 unspecified atom stereocenters. The van der Waals surface area contributed by atoms with E-state index in [4.69, 9.17) is 37.8 Å². The number of carboxylic acids is 1. The maximum atomic E-state index is 13.1. The number of carboxylic acid groups (broad SMARTS) is 1. The number of ether oxygens (including phenoxy) is 2. The quantitative estimate of drug-likeness (QED) is 0.399. The summed E-state index contributed by atoms with van der Waals surface area (Å²) in [5.41, 5.74) is 1.58. The maximum absolute atomic E-state index is 13.1. The first-order valence-electron chi connectivity index (χ1n) is 10.5. The molecule has 0 spiro atoms. The fourth-order valence-electron chi connectivity index (χ4n) is 3.85. The van der Waals surface area contributed by atoms with Crippen LogP contribution in [0.2, 0.25) is 10.0 Å². The van der Waals surface area contributed by atoms with Gasteiger partial charge < -0.3 is 14.6 Å². The van der Waals surface area contributed by atoms with E-state index in [9.17, 15) is 13.2 Å². The molecule has 0 saturated carbocycles.